The first-order valence-corrected chi connectivity index (χ1v) is 5.23. The minimum absolute atomic E-state index is 0.172. The van der Waals surface area contributed by atoms with Crippen LogP contribution in [0.1, 0.15) is 18.5 Å². The Labute approximate surface area is 91.1 Å². The van der Waals surface area contributed by atoms with Gasteiger partial charge in [-0.05, 0) is 38.7 Å². The van der Waals surface area contributed by atoms with Crippen molar-refractivity contribution in [1.82, 2.24) is 10.2 Å². The van der Waals surface area contributed by atoms with Crippen LogP contribution < -0.4 is 5.32 Å². The number of hydrogen-bond acceptors (Lipinski definition) is 2. The van der Waals surface area contributed by atoms with Crippen LogP contribution in [0.2, 0.25) is 0 Å². The number of halogens is 1. The van der Waals surface area contributed by atoms with E-state index < -0.39 is 0 Å². The topological polar surface area (TPSA) is 15.3 Å². The molecular weight excluding hydrogens is 191 g/mol. The third-order valence-electron chi connectivity index (χ3n) is 2.36. The Morgan fingerprint density at radius 2 is 2.13 bits per heavy atom. The molecular formula is C12H19FN2. The van der Waals surface area contributed by atoms with Crippen molar-refractivity contribution >= 4 is 0 Å². The average molecular weight is 210 g/mol. The summed E-state index contributed by atoms with van der Waals surface area (Å²) in [4.78, 5) is 2.12. The van der Waals surface area contributed by atoms with Gasteiger partial charge in [0.05, 0.1) is 0 Å². The van der Waals surface area contributed by atoms with E-state index in [0.29, 0.717) is 0 Å². The van der Waals surface area contributed by atoms with E-state index in [2.05, 4.69) is 10.2 Å². The highest BCUT2D eigenvalue weighted by molar-refractivity contribution is 5.19. The largest absolute Gasteiger partial charge is 0.309 e. The quantitative estimate of drug-likeness (QED) is 0.800. The van der Waals surface area contributed by atoms with Crippen LogP contribution in [0.4, 0.5) is 4.39 Å². The lowest BCUT2D eigenvalue weighted by atomic mass is 10.1. The Bertz CT molecular complexity index is 299. The lowest BCUT2D eigenvalue weighted by Crippen LogP contribution is -2.28. The van der Waals surface area contributed by atoms with E-state index in [1.165, 1.54) is 6.07 Å². The molecule has 2 nitrogen and oxygen atoms in total. The third kappa shape index (κ3) is 4.40. The van der Waals surface area contributed by atoms with Crippen LogP contribution in [0.25, 0.3) is 0 Å². The summed E-state index contributed by atoms with van der Waals surface area (Å²) in [7, 11) is 4.07. The third-order valence-corrected chi connectivity index (χ3v) is 2.36. The van der Waals surface area contributed by atoms with Crippen molar-refractivity contribution in [2.24, 2.45) is 0 Å². The Kier molecular flexibility index (Phi) is 4.72. The molecule has 0 aliphatic carbocycles. The maximum Gasteiger partial charge on any atom is 0.123 e. The van der Waals surface area contributed by atoms with Crippen molar-refractivity contribution in [3.63, 3.8) is 0 Å². The molecule has 0 amide bonds. The fourth-order valence-corrected chi connectivity index (χ4v) is 1.40. The van der Waals surface area contributed by atoms with Gasteiger partial charge in [-0.25, -0.2) is 4.39 Å². The van der Waals surface area contributed by atoms with E-state index in [4.69, 9.17) is 0 Å². The second kappa shape index (κ2) is 5.83. The highest BCUT2D eigenvalue weighted by Gasteiger charge is 2.04. The highest BCUT2D eigenvalue weighted by Crippen LogP contribution is 2.12. The van der Waals surface area contributed by atoms with E-state index >= 15 is 0 Å². The molecule has 1 aromatic carbocycles. The van der Waals surface area contributed by atoms with Gasteiger partial charge >= 0.3 is 0 Å². The van der Waals surface area contributed by atoms with E-state index in [0.717, 1.165) is 18.7 Å². The van der Waals surface area contributed by atoms with Gasteiger partial charge in [0.25, 0.3) is 0 Å². The van der Waals surface area contributed by atoms with Crippen molar-refractivity contribution in [3.05, 3.63) is 35.6 Å². The Morgan fingerprint density at radius 3 is 2.73 bits per heavy atom. The molecule has 1 N–H and O–H groups in total. The van der Waals surface area contributed by atoms with Crippen LogP contribution >= 0.6 is 0 Å². The van der Waals surface area contributed by atoms with Crippen LogP contribution in [-0.2, 0) is 0 Å². The minimum atomic E-state index is -0.172. The summed E-state index contributed by atoms with van der Waals surface area (Å²) in [6.07, 6.45) is 0. The molecule has 1 aromatic rings. The number of likely N-dealkylation sites (N-methyl/N-ethyl adjacent to an activating group) is 1. The second-order valence-electron chi connectivity index (χ2n) is 4.03. The van der Waals surface area contributed by atoms with E-state index in [9.17, 15) is 4.39 Å². The summed E-state index contributed by atoms with van der Waals surface area (Å²) in [6.45, 7) is 3.94. The predicted molar refractivity (Wildman–Crippen MR) is 61.4 cm³/mol. The molecule has 0 aromatic heterocycles. The zero-order chi connectivity index (χ0) is 11.3. The van der Waals surface area contributed by atoms with Gasteiger partial charge in [-0.3, -0.25) is 0 Å². The van der Waals surface area contributed by atoms with Crippen LogP contribution in [0.15, 0.2) is 24.3 Å². The summed E-state index contributed by atoms with van der Waals surface area (Å²) in [5, 5.41) is 3.35. The number of benzene rings is 1. The molecule has 1 atom stereocenters. The Balaban J connectivity index is 2.43. The SMILES string of the molecule is CC(NCCN(C)C)c1cccc(F)c1. The van der Waals surface area contributed by atoms with Gasteiger partial charge in [-0.1, -0.05) is 12.1 Å². The first kappa shape index (κ1) is 12.1. The first-order chi connectivity index (χ1) is 7.09. The molecule has 0 spiro atoms. The van der Waals surface area contributed by atoms with Crippen LogP contribution in [0.5, 0.6) is 0 Å². The normalized spacial score (nSPS) is 13.1. The summed E-state index contributed by atoms with van der Waals surface area (Å²) in [5.41, 5.74) is 0.994. The number of nitrogens with one attached hydrogen (secondary N) is 1. The Morgan fingerprint density at radius 1 is 1.40 bits per heavy atom. The number of hydrogen-bond donors (Lipinski definition) is 1. The molecule has 0 fully saturated rings. The summed E-state index contributed by atoms with van der Waals surface area (Å²) < 4.78 is 12.9. The van der Waals surface area contributed by atoms with Crippen LogP contribution in [0.3, 0.4) is 0 Å². The molecule has 0 aliphatic heterocycles. The van der Waals surface area contributed by atoms with Gasteiger partial charge < -0.3 is 10.2 Å². The summed E-state index contributed by atoms with van der Waals surface area (Å²) in [5.74, 6) is -0.172. The van der Waals surface area contributed by atoms with Crippen LogP contribution in [-0.4, -0.2) is 32.1 Å². The zero-order valence-electron chi connectivity index (χ0n) is 9.63. The van der Waals surface area contributed by atoms with Crippen molar-refractivity contribution in [3.8, 4) is 0 Å². The monoisotopic (exact) mass is 210 g/mol. The molecule has 0 radical (unpaired) electrons. The first-order valence-electron chi connectivity index (χ1n) is 5.23. The fourth-order valence-electron chi connectivity index (χ4n) is 1.40. The maximum absolute atomic E-state index is 12.9. The van der Waals surface area contributed by atoms with Crippen molar-refractivity contribution in [1.29, 1.82) is 0 Å². The maximum atomic E-state index is 12.9. The summed E-state index contributed by atoms with van der Waals surface area (Å²) >= 11 is 0. The molecule has 0 saturated carbocycles. The number of rotatable bonds is 5. The molecule has 15 heavy (non-hydrogen) atoms. The minimum Gasteiger partial charge on any atom is -0.309 e. The van der Waals surface area contributed by atoms with Gasteiger partial charge in [-0.2, -0.15) is 0 Å². The van der Waals surface area contributed by atoms with Gasteiger partial charge in [0.2, 0.25) is 0 Å². The molecule has 3 heteroatoms. The molecule has 0 bridgehead atoms. The molecule has 0 heterocycles. The molecule has 1 rings (SSSR count). The van der Waals surface area contributed by atoms with Crippen molar-refractivity contribution in [2.45, 2.75) is 13.0 Å². The number of nitrogens with zero attached hydrogens (tertiary/aromatic N) is 1. The van der Waals surface area contributed by atoms with E-state index in [-0.39, 0.29) is 11.9 Å². The lowest BCUT2D eigenvalue weighted by Gasteiger charge is -2.16. The summed E-state index contributed by atoms with van der Waals surface area (Å²) in [6, 6.07) is 6.93. The molecule has 0 aliphatic rings. The molecule has 1 unspecified atom stereocenters. The van der Waals surface area contributed by atoms with Crippen molar-refractivity contribution in [2.75, 3.05) is 27.2 Å². The van der Waals surface area contributed by atoms with E-state index in [1.54, 1.807) is 12.1 Å². The average Bonchev–Trinajstić information content (AvgIpc) is 2.17. The smallest absolute Gasteiger partial charge is 0.123 e. The highest BCUT2D eigenvalue weighted by atomic mass is 19.1. The van der Waals surface area contributed by atoms with Crippen molar-refractivity contribution < 1.29 is 4.39 Å². The van der Waals surface area contributed by atoms with Gasteiger partial charge in [-0.15, -0.1) is 0 Å². The zero-order valence-corrected chi connectivity index (χ0v) is 9.63. The lowest BCUT2D eigenvalue weighted by molar-refractivity contribution is 0.389. The second-order valence-corrected chi connectivity index (χ2v) is 4.03. The predicted octanol–water partition coefficient (Wildman–Crippen LogP) is 2.04. The molecule has 84 valence electrons. The van der Waals surface area contributed by atoms with Gasteiger partial charge in [0, 0.05) is 19.1 Å². The fraction of sp³-hybridized carbons (Fsp3) is 0.500. The van der Waals surface area contributed by atoms with Gasteiger partial charge in [0.1, 0.15) is 5.82 Å². The van der Waals surface area contributed by atoms with Gasteiger partial charge in [0.15, 0.2) is 0 Å². The Hall–Kier alpha value is -0.930. The standard InChI is InChI=1S/C12H19FN2/c1-10(14-7-8-15(2)3)11-5-4-6-12(13)9-11/h4-6,9-10,14H,7-8H2,1-3H3. The molecule has 0 saturated heterocycles. The van der Waals surface area contributed by atoms with Crippen LogP contribution in [0, 0.1) is 5.82 Å². The van der Waals surface area contributed by atoms with E-state index in [1.807, 2.05) is 27.1 Å².